The highest BCUT2D eigenvalue weighted by atomic mass is 79.9. The minimum absolute atomic E-state index is 0.152. The van der Waals surface area contributed by atoms with E-state index in [1.807, 2.05) is 0 Å². The molecule has 1 aromatic carbocycles. The number of halogens is 1. The Morgan fingerprint density at radius 1 is 1.44 bits per heavy atom. The van der Waals surface area contributed by atoms with Crippen LogP contribution in [-0.2, 0) is 11.2 Å². The van der Waals surface area contributed by atoms with Crippen molar-refractivity contribution in [1.82, 2.24) is 0 Å². The van der Waals surface area contributed by atoms with Crippen LogP contribution in [-0.4, -0.2) is 39.8 Å². The molecule has 3 N–H and O–H groups in total. The lowest BCUT2D eigenvalue weighted by atomic mass is 10.0. The first-order chi connectivity index (χ1) is 8.49. The molecule has 1 aromatic rings. The van der Waals surface area contributed by atoms with Crippen LogP contribution in [0.1, 0.15) is 17.2 Å². The number of carboxylic acid groups (broad SMARTS) is 1. The Bertz CT molecular complexity index is 421. The van der Waals surface area contributed by atoms with Crippen molar-refractivity contribution in [1.29, 1.82) is 0 Å². The quantitative estimate of drug-likeness (QED) is 0.684. The summed E-state index contributed by atoms with van der Waals surface area (Å²) in [7, 11) is 1.43. The summed E-state index contributed by atoms with van der Waals surface area (Å²) in [5.74, 6) is -0.571. The molecule has 0 aliphatic heterocycles. The fourth-order valence-corrected chi connectivity index (χ4v) is 1.91. The van der Waals surface area contributed by atoms with Crippen LogP contribution in [0.25, 0.3) is 0 Å². The minimum Gasteiger partial charge on any atom is -0.496 e. The predicted molar refractivity (Wildman–Crippen MR) is 69.1 cm³/mol. The van der Waals surface area contributed by atoms with E-state index >= 15 is 0 Å². The second-order valence-electron chi connectivity index (χ2n) is 3.81. The molecule has 0 aromatic heterocycles. The summed E-state index contributed by atoms with van der Waals surface area (Å²) in [6.45, 7) is 0. The first-order valence-corrected chi connectivity index (χ1v) is 6.42. The molecule has 0 fully saturated rings. The second kappa shape index (κ2) is 6.72. The number of aliphatic carboxylic acids is 1. The van der Waals surface area contributed by atoms with Crippen LogP contribution in [0.2, 0.25) is 0 Å². The Morgan fingerprint density at radius 3 is 2.61 bits per heavy atom. The molecular formula is C12H15BrO5. The molecule has 2 unspecified atom stereocenters. The van der Waals surface area contributed by atoms with E-state index in [1.165, 1.54) is 13.2 Å². The number of hydrogen-bond acceptors (Lipinski definition) is 4. The molecule has 2 atom stereocenters. The fourth-order valence-electron chi connectivity index (χ4n) is 1.56. The van der Waals surface area contributed by atoms with Crippen LogP contribution in [0.3, 0.4) is 0 Å². The molecule has 0 bridgehead atoms. The number of carbonyl (C=O) groups is 1. The Labute approximate surface area is 113 Å². The van der Waals surface area contributed by atoms with Gasteiger partial charge in [0.05, 0.1) is 19.6 Å². The van der Waals surface area contributed by atoms with Crippen molar-refractivity contribution < 1.29 is 24.9 Å². The number of ether oxygens (including phenoxy) is 1. The van der Waals surface area contributed by atoms with Gasteiger partial charge in [0.15, 0.2) is 0 Å². The van der Waals surface area contributed by atoms with E-state index in [2.05, 4.69) is 15.9 Å². The van der Waals surface area contributed by atoms with Crippen LogP contribution in [0.15, 0.2) is 18.2 Å². The molecule has 0 saturated carbocycles. The number of rotatable bonds is 6. The normalized spacial score (nSPS) is 14.0. The highest BCUT2D eigenvalue weighted by molar-refractivity contribution is 9.09. The molecule has 5 nitrogen and oxygen atoms in total. The van der Waals surface area contributed by atoms with Crippen LogP contribution in [0, 0.1) is 0 Å². The Morgan fingerprint density at radius 2 is 2.11 bits per heavy atom. The third-order valence-corrected chi connectivity index (χ3v) is 3.18. The van der Waals surface area contributed by atoms with Gasteiger partial charge >= 0.3 is 5.97 Å². The predicted octanol–water partition coefficient (Wildman–Crippen LogP) is 1.11. The standard InChI is InChI=1S/C12H15BrO5/c1-18-10-4-8(12(17)9(14)6-13)3-2-7(10)5-11(15)16/h2-4,9,12,14,17H,5-6H2,1H3,(H,15,16). The number of methoxy groups -OCH3 is 1. The molecule has 1 rings (SSSR count). The van der Waals surface area contributed by atoms with Gasteiger partial charge in [-0.25, -0.2) is 0 Å². The number of carboxylic acids is 1. The van der Waals surface area contributed by atoms with E-state index in [-0.39, 0.29) is 11.8 Å². The van der Waals surface area contributed by atoms with Crippen molar-refractivity contribution in [3.05, 3.63) is 29.3 Å². The zero-order chi connectivity index (χ0) is 13.7. The molecule has 0 amide bonds. The minimum atomic E-state index is -1.04. The number of hydrogen-bond donors (Lipinski definition) is 3. The third kappa shape index (κ3) is 3.69. The van der Waals surface area contributed by atoms with E-state index < -0.39 is 18.2 Å². The zero-order valence-electron chi connectivity index (χ0n) is 9.84. The second-order valence-corrected chi connectivity index (χ2v) is 4.46. The van der Waals surface area contributed by atoms with Gasteiger partial charge in [-0.2, -0.15) is 0 Å². The monoisotopic (exact) mass is 318 g/mol. The molecule has 100 valence electrons. The van der Waals surface area contributed by atoms with Gasteiger partial charge in [0.1, 0.15) is 11.9 Å². The molecule has 0 radical (unpaired) electrons. The van der Waals surface area contributed by atoms with Crippen molar-refractivity contribution in [3.63, 3.8) is 0 Å². The lowest BCUT2D eigenvalue weighted by Gasteiger charge is -2.17. The summed E-state index contributed by atoms with van der Waals surface area (Å²) in [6.07, 6.45) is -2.13. The van der Waals surface area contributed by atoms with Crippen molar-refractivity contribution in [2.75, 3.05) is 12.4 Å². The van der Waals surface area contributed by atoms with E-state index in [0.717, 1.165) is 0 Å². The molecule has 6 heteroatoms. The first kappa shape index (κ1) is 14.9. The summed E-state index contributed by atoms with van der Waals surface area (Å²) in [5.41, 5.74) is 1.00. The molecule has 0 aliphatic carbocycles. The van der Waals surface area contributed by atoms with Crippen molar-refractivity contribution in [2.24, 2.45) is 0 Å². The van der Waals surface area contributed by atoms with Crippen LogP contribution >= 0.6 is 15.9 Å². The Hall–Kier alpha value is -1.11. The van der Waals surface area contributed by atoms with Gasteiger partial charge in [-0.15, -0.1) is 0 Å². The molecule has 0 aliphatic rings. The molecule has 18 heavy (non-hydrogen) atoms. The molecule has 0 heterocycles. The number of alkyl halides is 1. The van der Waals surface area contributed by atoms with Crippen LogP contribution in [0.5, 0.6) is 5.75 Å². The summed E-state index contributed by atoms with van der Waals surface area (Å²) < 4.78 is 5.08. The lowest BCUT2D eigenvalue weighted by Crippen LogP contribution is -2.19. The molecular weight excluding hydrogens is 304 g/mol. The smallest absolute Gasteiger partial charge is 0.307 e. The molecule has 0 saturated heterocycles. The van der Waals surface area contributed by atoms with Gasteiger partial charge < -0.3 is 20.1 Å². The fraction of sp³-hybridized carbons (Fsp3) is 0.417. The SMILES string of the molecule is COc1cc(C(O)C(O)CBr)ccc1CC(=O)O. The van der Waals surface area contributed by atoms with Crippen LogP contribution < -0.4 is 4.74 Å². The lowest BCUT2D eigenvalue weighted by molar-refractivity contribution is -0.136. The summed E-state index contributed by atoms with van der Waals surface area (Å²) >= 11 is 3.08. The van der Waals surface area contributed by atoms with Gasteiger partial charge in [0, 0.05) is 10.9 Å². The number of aliphatic hydroxyl groups excluding tert-OH is 2. The van der Waals surface area contributed by atoms with Gasteiger partial charge in [-0.3, -0.25) is 4.79 Å². The summed E-state index contributed by atoms with van der Waals surface area (Å²) in [4.78, 5) is 10.7. The average molecular weight is 319 g/mol. The van der Waals surface area contributed by atoms with E-state index in [9.17, 15) is 15.0 Å². The first-order valence-electron chi connectivity index (χ1n) is 5.30. The maximum atomic E-state index is 10.7. The number of benzene rings is 1. The van der Waals surface area contributed by atoms with E-state index in [1.54, 1.807) is 12.1 Å². The topological polar surface area (TPSA) is 87.0 Å². The van der Waals surface area contributed by atoms with Gasteiger partial charge in [0.2, 0.25) is 0 Å². The highest BCUT2D eigenvalue weighted by Crippen LogP contribution is 2.26. The van der Waals surface area contributed by atoms with Crippen molar-refractivity contribution >= 4 is 21.9 Å². The molecule has 0 spiro atoms. The van der Waals surface area contributed by atoms with Gasteiger partial charge in [0.25, 0.3) is 0 Å². The van der Waals surface area contributed by atoms with Gasteiger partial charge in [-0.05, 0) is 11.6 Å². The maximum Gasteiger partial charge on any atom is 0.307 e. The third-order valence-electron chi connectivity index (χ3n) is 2.52. The van der Waals surface area contributed by atoms with Crippen molar-refractivity contribution in [3.8, 4) is 5.75 Å². The largest absolute Gasteiger partial charge is 0.496 e. The maximum absolute atomic E-state index is 10.7. The van der Waals surface area contributed by atoms with E-state index in [0.29, 0.717) is 16.9 Å². The summed E-state index contributed by atoms with van der Waals surface area (Å²) in [5, 5.41) is 28.3. The Kier molecular flexibility index (Phi) is 5.58. The summed E-state index contributed by atoms with van der Waals surface area (Å²) in [6, 6.07) is 4.69. The average Bonchev–Trinajstić information content (AvgIpc) is 2.36. The van der Waals surface area contributed by atoms with Crippen LogP contribution in [0.4, 0.5) is 0 Å². The zero-order valence-corrected chi connectivity index (χ0v) is 11.4. The van der Waals surface area contributed by atoms with E-state index in [4.69, 9.17) is 9.84 Å². The number of aliphatic hydroxyl groups is 2. The van der Waals surface area contributed by atoms with Crippen molar-refractivity contribution in [2.45, 2.75) is 18.6 Å². The highest BCUT2D eigenvalue weighted by Gasteiger charge is 2.19. The Balaban J connectivity index is 3.01. The van der Waals surface area contributed by atoms with Gasteiger partial charge in [-0.1, -0.05) is 28.1 Å².